The van der Waals surface area contributed by atoms with Gasteiger partial charge in [-0.05, 0) is 6.42 Å². The molecule has 0 aromatic rings. The fourth-order valence-corrected chi connectivity index (χ4v) is 0.653. The zero-order valence-corrected chi connectivity index (χ0v) is 8.47. The highest BCUT2D eigenvalue weighted by Gasteiger charge is 1.94. The first-order valence-corrected chi connectivity index (χ1v) is 4.79. The van der Waals surface area contributed by atoms with Crippen molar-refractivity contribution in [1.29, 1.82) is 0 Å². The molecule has 13 heavy (non-hydrogen) atoms. The molecular weight excluding hydrogens is 170 g/mol. The van der Waals surface area contributed by atoms with Crippen LogP contribution in [0, 0.1) is 0 Å². The summed E-state index contributed by atoms with van der Waals surface area (Å²) >= 11 is 0. The van der Waals surface area contributed by atoms with Crippen molar-refractivity contribution in [3.8, 4) is 0 Å². The minimum atomic E-state index is -0.103. The molecule has 0 bridgehead atoms. The van der Waals surface area contributed by atoms with E-state index in [-0.39, 0.29) is 5.91 Å². The van der Waals surface area contributed by atoms with Crippen LogP contribution in [0.2, 0.25) is 0 Å². The molecule has 1 amide bonds. The Morgan fingerprint density at radius 3 is 2.62 bits per heavy atom. The van der Waals surface area contributed by atoms with Gasteiger partial charge in [-0.1, -0.05) is 20.3 Å². The van der Waals surface area contributed by atoms with Crippen LogP contribution in [0.5, 0.6) is 0 Å². The van der Waals surface area contributed by atoms with Crippen molar-refractivity contribution in [2.45, 2.75) is 33.1 Å². The molecule has 0 saturated carbocycles. The first-order chi connectivity index (χ1) is 6.31. The molecule has 0 rings (SSSR count). The predicted molar refractivity (Wildman–Crippen MR) is 50.1 cm³/mol. The van der Waals surface area contributed by atoms with Gasteiger partial charge in [-0.25, -0.2) is 5.48 Å². The summed E-state index contributed by atoms with van der Waals surface area (Å²) in [6.45, 7) is 5.60. The molecular formula is C9H19NO3. The van der Waals surface area contributed by atoms with Gasteiger partial charge in [0.2, 0.25) is 5.91 Å². The number of hydrogen-bond donors (Lipinski definition) is 1. The second-order valence-corrected chi connectivity index (χ2v) is 2.69. The van der Waals surface area contributed by atoms with Crippen molar-refractivity contribution in [3.05, 3.63) is 0 Å². The van der Waals surface area contributed by atoms with Crippen LogP contribution < -0.4 is 5.48 Å². The fourth-order valence-electron chi connectivity index (χ4n) is 0.653. The first-order valence-electron chi connectivity index (χ1n) is 4.79. The lowest BCUT2D eigenvalue weighted by Gasteiger charge is -2.04. The lowest BCUT2D eigenvalue weighted by atomic mass is 10.4. The van der Waals surface area contributed by atoms with Crippen molar-refractivity contribution < 1.29 is 14.4 Å². The molecule has 0 unspecified atom stereocenters. The van der Waals surface area contributed by atoms with E-state index in [1.807, 2.05) is 0 Å². The maximum absolute atomic E-state index is 10.7. The molecule has 0 fully saturated rings. The van der Waals surface area contributed by atoms with Gasteiger partial charge in [0, 0.05) is 13.0 Å². The number of ether oxygens (including phenoxy) is 1. The van der Waals surface area contributed by atoms with Gasteiger partial charge in [-0.3, -0.25) is 9.63 Å². The van der Waals surface area contributed by atoms with E-state index in [1.165, 1.54) is 0 Å². The summed E-state index contributed by atoms with van der Waals surface area (Å²) in [6, 6.07) is 0. The molecule has 0 atom stereocenters. The molecule has 0 heterocycles. The second-order valence-electron chi connectivity index (χ2n) is 2.69. The van der Waals surface area contributed by atoms with Crippen LogP contribution >= 0.6 is 0 Å². The summed E-state index contributed by atoms with van der Waals surface area (Å²) in [5.41, 5.74) is 2.30. The first kappa shape index (κ1) is 12.4. The summed E-state index contributed by atoms with van der Waals surface area (Å²) in [7, 11) is 0. The summed E-state index contributed by atoms with van der Waals surface area (Å²) in [6.07, 6.45) is 2.64. The van der Waals surface area contributed by atoms with Gasteiger partial charge < -0.3 is 4.74 Å². The molecule has 0 spiro atoms. The Morgan fingerprint density at radius 1 is 1.23 bits per heavy atom. The molecule has 4 heteroatoms. The van der Waals surface area contributed by atoms with Crippen LogP contribution in [0.1, 0.15) is 33.1 Å². The van der Waals surface area contributed by atoms with E-state index in [0.717, 1.165) is 19.4 Å². The van der Waals surface area contributed by atoms with Gasteiger partial charge in [0.25, 0.3) is 0 Å². The lowest BCUT2D eigenvalue weighted by molar-refractivity contribution is -0.134. The standard InChI is InChI=1S/C9H19NO3/c1-3-5-6-12-7-8-13-10-9(11)4-2/h3-8H2,1-2H3,(H,10,11). The van der Waals surface area contributed by atoms with Crippen molar-refractivity contribution in [1.82, 2.24) is 5.48 Å². The van der Waals surface area contributed by atoms with E-state index in [9.17, 15) is 4.79 Å². The van der Waals surface area contributed by atoms with E-state index in [2.05, 4.69) is 12.4 Å². The van der Waals surface area contributed by atoms with Gasteiger partial charge >= 0.3 is 0 Å². The van der Waals surface area contributed by atoms with Gasteiger partial charge in [-0.2, -0.15) is 0 Å². The maximum atomic E-state index is 10.7. The number of unbranched alkanes of at least 4 members (excludes halogenated alkanes) is 1. The smallest absolute Gasteiger partial charge is 0.243 e. The molecule has 0 saturated heterocycles. The number of rotatable bonds is 8. The van der Waals surface area contributed by atoms with Gasteiger partial charge in [0.1, 0.15) is 0 Å². The van der Waals surface area contributed by atoms with Crippen molar-refractivity contribution >= 4 is 5.91 Å². The summed E-state index contributed by atoms with van der Waals surface area (Å²) in [5, 5.41) is 0. The van der Waals surface area contributed by atoms with Crippen LogP contribution in [-0.4, -0.2) is 25.7 Å². The average Bonchev–Trinajstić information content (AvgIpc) is 2.16. The third-order valence-corrected chi connectivity index (χ3v) is 1.48. The molecule has 0 aromatic carbocycles. The third kappa shape index (κ3) is 9.30. The Morgan fingerprint density at radius 2 is 2.00 bits per heavy atom. The van der Waals surface area contributed by atoms with Crippen LogP contribution in [0.4, 0.5) is 0 Å². The third-order valence-electron chi connectivity index (χ3n) is 1.48. The minimum absolute atomic E-state index is 0.103. The zero-order valence-electron chi connectivity index (χ0n) is 8.47. The molecule has 0 radical (unpaired) electrons. The summed E-state index contributed by atoms with van der Waals surface area (Å²) in [4.78, 5) is 15.5. The summed E-state index contributed by atoms with van der Waals surface area (Å²) < 4.78 is 5.21. The molecule has 0 aliphatic heterocycles. The Hall–Kier alpha value is -0.610. The molecule has 0 aliphatic carbocycles. The SMILES string of the molecule is CCCCOCCONC(=O)CC. The number of carbonyl (C=O) groups is 1. The second kappa shape index (κ2) is 9.48. The van der Waals surface area contributed by atoms with Crippen LogP contribution in [-0.2, 0) is 14.4 Å². The Kier molecular flexibility index (Phi) is 9.03. The highest BCUT2D eigenvalue weighted by atomic mass is 16.7. The Balaban J connectivity index is 2.95. The molecule has 0 aromatic heterocycles. The summed E-state index contributed by atoms with van der Waals surface area (Å²) in [5.74, 6) is -0.103. The molecule has 0 aliphatic rings. The lowest BCUT2D eigenvalue weighted by Crippen LogP contribution is -2.24. The van der Waals surface area contributed by atoms with Gasteiger partial charge in [0.15, 0.2) is 0 Å². The Labute approximate surface area is 79.6 Å². The maximum Gasteiger partial charge on any atom is 0.243 e. The van der Waals surface area contributed by atoms with E-state index in [0.29, 0.717) is 19.6 Å². The number of hydrogen-bond acceptors (Lipinski definition) is 3. The van der Waals surface area contributed by atoms with E-state index >= 15 is 0 Å². The number of carbonyl (C=O) groups excluding carboxylic acids is 1. The van der Waals surface area contributed by atoms with Crippen LogP contribution in [0.15, 0.2) is 0 Å². The van der Waals surface area contributed by atoms with E-state index in [1.54, 1.807) is 6.92 Å². The number of nitrogens with one attached hydrogen (secondary N) is 1. The van der Waals surface area contributed by atoms with Crippen LogP contribution in [0.3, 0.4) is 0 Å². The number of hydroxylamine groups is 1. The monoisotopic (exact) mass is 189 g/mol. The largest absolute Gasteiger partial charge is 0.379 e. The topological polar surface area (TPSA) is 47.6 Å². The number of amides is 1. The van der Waals surface area contributed by atoms with Crippen molar-refractivity contribution in [2.75, 3.05) is 19.8 Å². The predicted octanol–water partition coefficient (Wildman–Crippen LogP) is 1.26. The quantitative estimate of drug-likeness (QED) is 0.462. The van der Waals surface area contributed by atoms with Gasteiger partial charge in [-0.15, -0.1) is 0 Å². The molecule has 4 nitrogen and oxygen atoms in total. The fraction of sp³-hybridized carbons (Fsp3) is 0.889. The average molecular weight is 189 g/mol. The van der Waals surface area contributed by atoms with E-state index < -0.39 is 0 Å². The Bertz CT molecular complexity index is 128. The van der Waals surface area contributed by atoms with E-state index in [4.69, 9.17) is 9.57 Å². The zero-order chi connectivity index (χ0) is 9.94. The molecule has 78 valence electrons. The highest BCUT2D eigenvalue weighted by molar-refractivity contribution is 5.74. The highest BCUT2D eigenvalue weighted by Crippen LogP contribution is 1.87. The van der Waals surface area contributed by atoms with Gasteiger partial charge in [0.05, 0.1) is 13.2 Å². The van der Waals surface area contributed by atoms with Crippen molar-refractivity contribution in [2.24, 2.45) is 0 Å². The van der Waals surface area contributed by atoms with Crippen LogP contribution in [0.25, 0.3) is 0 Å². The minimum Gasteiger partial charge on any atom is -0.379 e. The van der Waals surface area contributed by atoms with Crippen molar-refractivity contribution in [3.63, 3.8) is 0 Å². The molecule has 1 N–H and O–H groups in total. The normalized spacial score (nSPS) is 10.0.